The number of aliphatic hydroxyl groups excluding tert-OH is 7. The highest BCUT2D eigenvalue weighted by Crippen LogP contribution is 2.41. The third-order valence-corrected chi connectivity index (χ3v) is 10.4. The van der Waals surface area contributed by atoms with Gasteiger partial charge in [-0.25, -0.2) is 4.79 Å². The Balaban J connectivity index is 0.986. The molecule has 2 saturated heterocycles. The van der Waals surface area contributed by atoms with Gasteiger partial charge in [0.05, 0.1) is 17.2 Å². The second-order valence-corrected chi connectivity index (χ2v) is 14.8. The highest BCUT2D eigenvalue weighted by molar-refractivity contribution is 7.80. The number of carbonyl (C=O) groups is 2. The number of aryl methyl sites for hydroxylation is 1. The van der Waals surface area contributed by atoms with Crippen LogP contribution in [0.15, 0.2) is 63.8 Å². The fourth-order valence-corrected chi connectivity index (χ4v) is 7.23. The van der Waals surface area contributed by atoms with Crippen molar-refractivity contribution in [3.8, 4) is 22.5 Å². The number of hydrogen-bond acceptors (Lipinski definition) is 16. The maximum atomic E-state index is 12.6. The lowest BCUT2D eigenvalue weighted by Crippen LogP contribution is -2.63. The molecule has 6 rings (SSSR count). The number of carbonyl (C=O) groups excluding carboxylic acids is 1. The molecule has 17 nitrogen and oxygen atoms in total. The van der Waals surface area contributed by atoms with Gasteiger partial charge >= 0.3 is 11.9 Å². The van der Waals surface area contributed by atoms with Gasteiger partial charge in [-0.05, 0) is 60.7 Å². The van der Waals surface area contributed by atoms with Crippen LogP contribution in [-0.2, 0) is 30.2 Å². The molecule has 0 saturated carbocycles. The van der Waals surface area contributed by atoms with Gasteiger partial charge in [0.2, 0.25) is 0 Å². The summed E-state index contributed by atoms with van der Waals surface area (Å²) in [5.41, 5.74) is 3.59. The van der Waals surface area contributed by atoms with Crippen LogP contribution < -0.4 is 10.7 Å². The molecule has 2 fully saturated rings. The van der Waals surface area contributed by atoms with E-state index in [0.29, 0.717) is 63.4 Å². The number of nitrogens with one attached hydrogen (secondary N) is 1. The second-order valence-electron chi connectivity index (χ2n) is 14.3. The van der Waals surface area contributed by atoms with Crippen LogP contribution in [0.4, 0.5) is 0 Å². The molecule has 18 heteroatoms. The Bertz CT molecular complexity index is 2140. The number of thiocarbonyl (C=S) groups is 1. The van der Waals surface area contributed by atoms with Crippen molar-refractivity contribution in [1.82, 2.24) is 5.32 Å². The van der Waals surface area contributed by atoms with Gasteiger partial charge in [0, 0.05) is 42.0 Å². The van der Waals surface area contributed by atoms with Gasteiger partial charge in [0.25, 0.3) is 0 Å². The van der Waals surface area contributed by atoms with E-state index >= 15 is 0 Å². The highest BCUT2D eigenvalue weighted by atomic mass is 32.1. The molecule has 0 amide bonds. The van der Waals surface area contributed by atoms with Gasteiger partial charge in [-0.2, -0.15) is 0 Å². The fourth-order valence-electron chi connectivity index (χ4n) is 6.96. The average molecular weight is 828 g/mol. The zero-order chi connectivity index (χ0) is 41.8. The van der Waals surface area contributed by atoms with Crippen LogP contribution in [-0.4, -0.2) is 139 Å². The van der Waals surface area contributed by atoms with E-state index in [1.54, 1.807) is 24.3 Å². The van der Waals surface area contributed by atoms with Crippen molar-refractivity contribution < 1.29 is 73.8 Å². The molecule has 3 aliphatic heterocycles. The zero-order valence-corrected chi connectivity index (χ0v) is 32.0. The summed E-state index contributed by atoms with van der Waals surface area (Å²) in [6.45, 7) is 1.03. The number of hydrogen-bond donors (Lipinski definition) is 9. The first-order valence-corrected chi connectivity index (χ1v) is 19.0. The molecule has 4 unspecified atom stereocenters. The molecule has 58 heavy (non-hydrogen) atoms. The van der Waals surface area contributed by atoms with Gasteiger partial charge in [-0.15, -0.1) is 0 Å². The maximum absolute atomic E-state index is 12.6. The Kier molecular flexibility index (Phi) is 13.9. The minimum Gasteiger partial charge on any atom is -0.478 e. The first-order valence-electron chi connectivity index (χ1n) is 18.6. The first-order chi connectivity index (χ1) is 27.7. The van der Waals surface area contributed by atoms with Crippen molar-refractivity contribution in [2.45, 2.75) is 94.0 Å². The van der Waals surface area contributed by atoms with Crippen LogP contribution in [0, 0.1) is 6.92 Å². The SMILES string of the molecule is Cc1ccc2c(-c3ccc(CC(=S)NCCCCC(=O)OCC4O[C@H](O[C@H]5OC(CO)[C@@H](O)C(O)[C@H]5O)C(O)[C@@H](O)[C@@H]4O)cc3C(=O)O)c3ccc(=O)cc-3oc2c1. The Hall–Kier alpha value is -4.44. The van der Waals surface area contributed by atoms with Crippen LogP contribution in [0.1, 0.15) is 40.7 Å². The third-order valence-electron chi connectivity index (χ3n) is 10.1. The summed E-state index contributed by atoms with van der Waals surface area (Å²) >= 11 is 5.52. The quantitative estimate of drug-likeness (QED) is 0.0359. The molecule has 10 atom stereocenters. The van der Waals surface area contributed by atoms with Crippen LogP contribution in [0.3, 0.4) is 0 Å². The lowest BCUT2D eigenvalue weighted by molar-refractivity contribution is -0.376. The molecule has 0 spiro atoms. The number of aromatic carboxylic acids is 1. The van der Waals surface area contributed by atoms with Crippen molar-refractivity contribution in [2.24, 2.45) is 0 Å². The largest absolute Gasteiger partial charge is 0.478 e. The van der Waals surface area contributed by atoms with E-state index in [0.717, 1.165) is 5.56 Å². The van der Waals surface area contributed by atoms with E-state index in [1.807, 2.05) is 25.1 Å². The smallest absolute Gasteiger partial charge is 0.336 e. The summed E-state index contributed by atoms with van der Waals surface area (Å²) < 4.78 is 27.4. The molecule has 2 aromatic rings. The normalized spacial score (nSPS) is 27.4. The lowest BCUT2D eigenvalue weighted by atomic mass is 9.89. The molecule has 1 aliphatic carbocycles. The minimum atomic E-state index is -1.85. The second kappa shape index (κ2) is 18.6. The monoisotopic (exact) mass is 827 g/mol. The number of aliphatic hydroxyl groups is 7. The van der Waals surface area contributed by atoms with E-state index in [2.05, 4.69) is 5.32 Å². The van der Waals surface area contributed by atoms with Crippen LogP contribution >= 0.6 is 12.2 Å². The highest BCUT2D eigenvalue weighted by Gasteiger charge is 2.50. The summed E-state index contributed by atoms with van der Waals surface area (Å²) in [6, 6.07) is 15.1. The summed E-state index contributed by atoms with van der Waals surface area (Å²) in [5, 5.41) is 84.9. The van der Waals surface area contributed by atoms with Crippen molar-refractivity contribution in [3.05, 3.63) is 81.5 Å². The number of esters is 1. The van der Waals surface area contributed by atoms with Crippen molar-refractivity contribution >= 4 is 40.1 Å². The third kappa shape index (κ3) is 9.54. The molecule has 4 aliphatic rings. The summed E-state index contributed by atoms with van der Waals surface area (Å²) in [5.74, 6) is -1.45. The molecule has 3 heterocycles. The number of carboxylic acids is 1. The van der Waals surface area contributed by atoms with Crippen molar-refractivity contribution in [2.75, 3.05) is 19.8 Å². The Morgan fingerprint density at radius 3 is 2.17 bits per heavy atom. The average Bonchev–Trinajstić information content (AvgIpc) is 3.19. The van der Waals surface area contributed by atoms with Gasteiger partial charge in [0.15, 0.2) is 18.0 Å². The maximum Gasteiger partial charge on any atom is 0.336 e. The first kappa shape index (κ1) is 43.1. The van der Waals surface area contributed by atoms with Gasteiger partial charge in [-0.3, -0.25) is 9.59 Å². The molecular formula is C40H45NO16S. The number of ether oxygens (including phenoxy) is 4. The topological polar surface area (TPSA) is 275 Å². The number of benzene rings is 3. The Morgan fingerprint density at radius 1 is 0.810 bits per heavy atom. The molecule has 2 aromatic carbocycles. The van der Waals surface area contributed by atoms with Crippen molar-refractivity contribution in [3.63, 3.8) is 0 Å². The Morgan fingerprint density at radius 2 is 1.48 bits per heavy atom. The molecule has 9 N–H and O–H groups in total. The van der Waals surface area contributed by atoms with Gasteiger partial charge < -0.3 is 69.5 Å². The van der Waals surface area contributed by atoms with E-state index in [-0.39, 0.29) is 23.8 Å². The van der Waals surface area contributed by atoms with E-state index in [9.17, 15) is 55.2 Å². The standard InChI is InChI=1S/C40H45NO16S/c1-18-5-8-22-25(12-18)54-26-15-20(43)7-10-23(26)31(22)21-9-6-19(13-24(21)38(51)52)14-29(58)41-11-3-2-4-30(44)53-17-28-33(46)35(48)37(50)40(56-28)57-39-36(49)34(47)32(45)27(16-42)55-39/h5-10,12-13,15,27-28,32-37,39-40,42,45-50H,2-4,11,14,16-17H2,1H3,(H,41,58)(H,51,52)/t27?,28?,32-,33-,34?,35+,36-,37?,39-,40-/m1/s1. The predicted octanol–water partition coefficient (Wildman–Crippen LogP) is 0.369. The van der Waals surface area contributed by atoms with Crippen LogP contribution in [0.5, 0.6) is 0 Å². The molecule has 0 aromatic heterocycles. The fraction of sp³-hybridized carbons (Fsp3) is 0.450. The summed E-state index contributed by atoms with van der Waals surface area (Å²) in [7, 11) is 0. The number of fused-ring (bicyclic) bond motifs is 2. The van der Waals surface area contributed by atoms with Gasteiger partial charge in [0.1, 0.15) is 66.8 Å². The van der Waals surface area contributed by atoms with E-state index < -0.39 is 86.6 Å². The summed E-state index contributed by atoms with van der Waals surface area (Å²) in [6.07, 6.45) is -15.7. The number of unbranched alkanes of at least 4 members (excludes halogenated alkanes) is 1. The Labute approximate surface area is 336 Å². The van der Waals surface area contributed by atoms with E-state index in [4.69, 9.17) is 35.6 Å². The molecule has 312 valence electrons. The predicted molar refractivity (Wildman–Crippen MR) is 207 cm³/mol. The number of rotatable bonds is 14. The van der Waals surface area contributed by atoms with Crippen LogP contribution in [0.2, 0.25) is 0 Å². The lowest BCUT2D eigenvalue weighted by Gasteiger charge is -2.44. The van der Waals surface area contributed by atoms with E-state index in [1.165, 1.54) is 12.1 Å². The minimum absolute atomic E-state index is 0.0253. The molecular weight excluding hydrogens is 782 g/mol. The van der Waals surface area contributed by atoms with Crippen LogP contribution in [0.25, 0.3) is 33.4 Å². The molecule has 0 radical (unpaired) electrons. The van der Waals surface area contributed by atoms with Gasteiger partial charge in [-0.1, -0.05) is 36.5 Å². The zero-order valence-electron chi connectivity index (χ0n) is 31.2. The van der Waals surface area contributed by atoms with Crippen molar-refractivity contribution in [1.29, 1.82) is 0 Å². The molecule has 0 bridgehead atoms. The number of carboxylic acid groups (broad SMARTS) is 1. The summed E-state index contributed by atoms with van der Waals surface area (Å²) in [4.78, 5) is 37.7.